The first-order valence-corrected chi connectivity index (χ1v) is 7.64. The maximum absolute atomic E-state index is 6.32. The van der Waals surface area contributed by atoms with Gasteiger partial charge in [0.15, 0.2) is 0 Å². The van der Waals surface area contributed by atoms with E-state index >= 15 is 0 Å². The quantitative estimate of drug-likeness (QED) is 0.739. The zero-order valence-electron chi connectivity index (χ0n) is 11.7. The fourth-order valence-electron chi connectivity index (χ4n) is 3.27. The summed E-state index contributed by atoms with van der Waals surface area (Å²) in [6.07, 6.45) is 9.80. The summed E-state index contributed by atoms with van der Waals surface area (Å²) in [6.45, 7) is 7.03. The Morgan fingerprint density at radius 2 is 1.71 bits per heavy atom. The van der Waals surface area contributed by atoms with E-state index in [4.69, 9.17) is 5.73 Å². The zero-order chi connectivity index (χ0) is 12.3. The van der Waals surface area contributed by atoms with Gasteiger partial charge in [-0.3, -0.25) is 4.90 Å². The molecule has 17 heavy (non-hydrogen) atoms. The third-order valence-corrected chi connectivity index (χ3v) is 4.24. The van der Waals surface area contributed by atoms with Crippen LogP contribution in [-0.2, 0) is 0 Å². The molecule has 0 spiro atoms. The lowest BCUT2D eigenvalue weighted by molar-refractivity contribution is 0.163. The smallest absolute Gasteiger partial charge is 0.0170 e. The molecule has 2 heteroatoms. The van der Waals surface area contributed by atoms with E-state index < -0.39 is 0 Å². The van der Waals surface area contributed by atoms with Crippen LogP contribution in [0.25, 0.3) is 0 Å². The molecule has 0 radical (unpaired) electrons. The molecule has 0 bridgehead atoms. The maximum Gasteiger partial charge on any atom is 0.0170 e. The monoisotopic (exact) mass is 238 g/mol. The van der Waals surface area contributed by atoms with Crippen molar-refractivity contribution in [3.63, 3.8) is 0 Å². The lowest BCUT2D eigenvalue weighted by Crippen LogP contribution is -2.44. The van der Waals surface area contributed by atoms with Crippen LogP contribution in [0.5, 0.6) is 0 Å². The SMILES string of the molecule is CC(C)CN(C[C@@H](N)CC1CC1)C1CCCC1. The van der Waals surface area contributed by atoms with E-state index in [1.807, 2.05) is 0 Å². The number of rotatable bonds is 7. The van der Waals surface area contributed by atoms with Crippen molar-refractivity contribution in [1.29, 1.82) is 0 Å². The normalized spacial score (nSPS) is 23.8. The van der Waals surface area contributed by atoms with Gasteiger partial charge in [0.05, 0.1) is 0 Å². The fourth-order valence-corrected chi connectivity index (χ4v) is 3.27. The van der Waals surface area contributed by atoms with Crippen molar-refractivity contribution in [3.05, 3.63) is 0 Å². The van der Waals surface area contributed by atoms with Gasteiger partial charge in [-0.15, -0.1) is 0 Å². The highest BCUT2D eigenvalue weighted by Crippen LogP contribution is 2.33. The Balaban J connectivity index is 1.79. The van der Waals surface area contributed by atoms with Crippen LogP contribution < -0.4 is 5.73 Å². The van der Waals surface area contributed by atoms with Crippen LogP contribution in [0, 0.1) is 11.8 Å². The van der Waals surface area contributed by atoms with Crippen molar-refractivity contribution in [3.8, 4) is 0 Å². The first-order chi connectivity index (χ1) is 8.15. The first kappa shape index (κ1) is 13.4. The van der Waals surface area contributed by atoms with Gasteiger partial charge >= 0.3 is 0 Å². The summed E-state index contributed by atoms with van der Waals surface area (Å²) in [5, 5.41) is 0. The highest BCUT2D eigenvalue weighted by Gasteiger charge is 2.28. The second kappa shape index (κ2) is 6.19. The topological polar surface area (TPSA) is 29.3 Å². The molecule has 2 saturated carbocycles. The van der Waals surface area contributed by atoms with Gasteiger partial charge in [-0.1, -0.05) is 39.5 Å². The van der Waals surface area contributed by atoms with Gasteiger partial charge in [0.2, 0.25) is 0 Å². The van der Waals surface area contributed by atoms with Gasteiger partial charge in [0, 0.05) is 25.2 Å². The lowest BCUT2D eigenvalue weighted by Gasteiger charge is -2.32. The molecule has 0 saturated heterocycles. The Morgan fingerprint density at radius 1 is 1.06 bits per heavy atom. The van der Waals surface area contributed by atoms with Gasteiger partial charge in [0.1, 0.15) is 0 Å². The summed E-state index contributed by atoms with van der Waals surface area (Å²) in [4.78, 5) is 2.70. The minimum Gasteiger partial charge on any atom is -0.327 e. The minimum atomic E-state index is 0.418. The molecule has 0 aromatic heterocycles. The molecule has 0 heterocycles. The second-order valence-corrected chi connectivity index (χ2v) is 6.73. The van der Waals surface area contributed by atoms with Crippen molar-refractivity contribution >= 4 is 0 Å². The average molecular weight is 238 g/mol. The standard InChI is InChI=1S/C15H30N2/c1-12(2)10-17(15-5-3-4-6-15)11-14(16)9-13-7-8-13/h12-15H,3-11,16H2,1-2H3/t14-/m0/s1. The molecule has 2 fully saturated rings. The van der Waals surface area contributed by atoms with E-state index in [1.54, 1.807) is 0 Å². The summed E-state index contributed by atoms with van der Waals surface area (Å²) in [7, 11) is 0. The van der Waals surface area contributed by atoms with Crippen molar-refractivity contribution in [2.75, 3.05) is 13.1 Å². The highest BCUT2D eigenvalue weighted by atomic mass is 15.2. The summed E-state index contributed by atoms with van der Waals surface area (Å²) < 4.78 is 0. The molecule has 2 nitrogen and oxygen atoms in total. The van der Waals surface area contributed by atoms with Crippen molar-refractivity contribution in [1.82, 2.24) is 4.90 Å². The molecule has 0 aromatic carbocycles. The molecule has 0 aliphatic heterocycles. The van der Waals surface area contributed by atoms with Crippen molar-refractivity contribution < 1.29 is 0 Å². The second-order valence-electron chi connectivity index (χ2n) is 6.73. The van der Waals surface area contributed by atoms with E-state index in [-0.39, 0.29) is 0 Å². The predicted molar refractivity (Wildman–Crippen MR) is 74.0 cm³/mol. The zero-order valence-corrected chi connectivity index (χ0v) is 11.7. The van der Waals surface area contributed by atoms with Crippen molar-refractivity contribution in [2.45, 2.75) is 70.9 Å². The maximum atomic E-state index is 6.32. The van der Waals surface area contributed by atoms with E-state index in [0.717, 1.165) is 24.4 Å². The lowest BCUT2D eigenvalue weighted by atomic mass is 10.1. The van der Waals surface area contributed by atoms with E-state index in [2.05, 4.69) is 18.7 Å². The van der Waals surface area contributed by atoms with Crippen LogP contribution in [0.1, 0.15) is 58.8 Å². The van der Waals surface area contributed by atoms with Gasteiger partial charge in [-0.2, -0.15) is 0 Å². The Bertz CT molecular complexity index is 217. The molecule has 2 aliphatic carbocycles. The van der Waals surface area contributed by atoms with Gasteiger partial charge < -0.3 is 5.73 Å². The highest BCUT2D eigenvalue weighted by molar-refractivity contribution is 4.84. The number of nitrogens with zero attached hydrogens (tertiary/aromatic N) is 1. The first-order valence-electron chi connectivity index (χ1n) is 7.64. The van der Waals surface area contributed by atoms with Crippen LogP contribution in [0.3, 0.4) is 0 Å². The van der Waals surface area contributed by atoms with Crippen LogP contribution >= 0.6 is 0 Å². The van der Waals surface area contributed by atoms with E-state index in [0.29, 0.717) is 6.04 Å². The molecule has 2 N–H and O–H groups in total. The van der Waals surface area contributed by atoms with Gasteiger partial charge in [-0.05, 0) is 31.1 Å². The third kappa shape index (κ3) is 4.59. The number of hydrogen-bond acceptors (Lipinski definition) is 2. The Hall–Kier alpha value is -0.0800. The summed E-state index contributed by atoms with van der Waals surface area (Å²) in [5.74, 6) is 1.73. The average Bonchev–Trinajstić information content (AvgIpc) is 2.90. The van der Waals surface area contributed by atoms with Crippen LogP contribution in [0.2, 0.25) is 0 Å². The Labute approximate surface area is 107 Å². The predicted octanol–water partition coefficient (Wildman–Crippen LogP) is 3.01. The fraction of sp³-hybridized carbons (Fsp3) is 1.00. The molecule has 1 atom stereocenters. The number of nitrogens with two attached hydrogens (primary N) is 1. The molecule has 2 aliphatic rings. The van der Waals surface area contributed by atoms with E-state index in [9.17, 15) is 0 Å². The van der Waals surface area contributed by atoms with Crippen LogP contribution in [0.15, 0.2) is 0 Å². The molecule has 0 aromatic rings. The van der Waals surface area contributed by atoms with Gasteiger partial charge in [-0.25, -0.2) is 0 Å². The molecule has 2 rings (SSSR count). The Morgan fingerprint density at radius 3 is 2.24 bits per heavy atom. The summed E-state index contributed by atoms with van der Waals surface area (Å²) in [5.41, 5.74) is 6.32. The minimum absolute atomic E-state index is 0.418. The number of hydrogen-bond donors (Lipinski definition) is 1. The third-order valence-electron chi connectivity index (χ3n) is 4.24. The van der Waals surface area contributed by atoms with Crippen LogP contribution in [0.4, 0.5) is 0 Å². The molecule has 100 valence electrons. The van der Waals surface area contributed by atoms with Crippen LogP contribution in [-0.4, -0.2) is 30.1 Å². The molecular formula is C15H30N2. The Kier molecular flexibility index (Phi) is 4.87. The summed E-state index contributed by atoms with van der Waals surface area (Å²) >= 11 is 0. The molecular weight excluding hydrogens is 208 g/mol. The van der Waals surface area contributed by atoms with E-state index in [1.165, 1.54) is 51.5 Å². The molecule has 0 amide bonds. The molecule has 0 unspecified atom stereocenters. The van der Waals surface area contributed by atoms with Gasteiger partial charge in [0.25, 0.3) is 0 Å². The summed E-state index contributed by atoms with van der Waals surface area (Å²) in [6, 6.07) is 1.25. The largest absolute Gasteiger partial charge is 0.327 e. The van der Waals surface area contributed by atoms with Crippen molar-refractivity contribution in [2.24, 2.45) is 17.6 Å².